The lowest BCUT2D eigenvalue weighted by atomic mass is 10.2. The van der Waals surface area contributed by atoms with Gasteiger partial charge in [0.2, 0.25) is 0 Å². The van der Waals surface area contributed by atoms with Crippen molar-refractivity contribution in [2.24, 2.45) is 5.73 Å². The summed E-state index contributed by atoms with van der Waals surface area (Å²) in [6.45, 7) is 4.05. The Labute approximate surface area is 80.0 Å². The van der Waals surface area contributed by atoms with Gasteiger partial charge in [0, 0.05) is 25.4 Å². The third-order valence-electron chi connectivity index (χ3n) is 2.12. The van der Waals surface area contributed by atoms with Crippen molar-refractivity contribution >= 4 is 0 Å². The van der Waals surface area contributed by atoms with E-state index in [9.17, 15) is 0 Å². The number of rotatable bonds is 6. The van der Waals surface area contributed by atoms with Gasteiger partial charge in [-0.1, -0.05) is 6.92 Å². The second kappa shape index (κ2) is 5.75. The van der Waals surface area contributed by atoms with Gasteiger partial charge in [0.25, 0.3) is 0 Å². The van der Waals surface area contributed by atoms with Crippen LogP contribution in [-0.4, -0.2) is 16.1 Å². The molecular weight excluding hydrogens is 162 g/mol. The van der Waals surface area contributed by atoms with Crippen molar-refractivity contribution < 1.29 is 0 Å². The summed E-state index contributed by atoms with van der Waals surface area (Å²) in [5.74, 6) is 1.20. The molecule has 0 spiro atoms. The first-order chi connectivity index (χ1) is 6.38. The molecule has 74 valence electrons. The predicted molar refractivity (Wildman–Crippen MR) is 54.5 cm³/mol. The molecule has 0 unspecified atom stereocenters. The Morgan fingerprint density at radius 2 is 2.31 bits per heavy atom. The van der Waals surface area contributed by atoms with Crippen molar-refractivity contribution in [1.29, 1.82) is 0 Å². The van der Waals surface area contributed by atoms with E-state index in [2.05, 4.69) is 22.7 Å². The first-order valence-corrected chi connectivity index (χ1v) is 5.08. The smallest absolute Gasteiger partial charge is 0.108 e. The van der Waals surface area contributed by atoms with E-state index in [1.807, 2.05) is 6.20 Å². The summed E-state index contributed by atoms with van der Waals surface area (Å²) in [6, 6.07) is 0. The second-order valence-electron chi connectivity index (χ2n) is 3.28. The lowest BCUT2D eigenvalue weighted by Crippen LogP contribution is -2.04. The van der Waals surface area contributed by atoms with Gasteiger partial charge in [0.05, 0.1) is 0 Å². The largest absolute Gasteiger partial charge is 0.335 e. The molecule has 0 amide bonds. The zero-order valence-corrected chi connectivity index (χ0v) is 8.37. The minimum absolute atomic E-state index is 0.786. The molecule has 1 aromatic heterocycles. The molecule has 13 heavy (non-hydrogen) atoms. The maximum atomic E-state index is 5.44. The molecule has 0 aliphatic carbocycles. The van der Waals surface area contributed by atoms with E-state index in [-0.39, 0.29) is 0 Å². The highest BCUT2D eigenvalue weighted by Crippen LogP contribution is 2.03. The molecule has 0 aromatic carbocycles. The van der Waals surface area contributed by atoms with Gasteiger partial charge in [-0.25, -0.2) is 4.98 Å². The molecular formula is C10H19N3. The molecule has 3 nitrogen and oxygen atoms in total. The SMILES string of the molecule is CCCn1ccnc1CCCCN. The molecule has 0 saturated carbocycles. The number of hydrogen-bond acceptors (Lipinski definition) is 2. The average molecular weight is 181 g/mol. The van der Waals surface area contributed by atoms with E-state index in [1.165, 1.54) is 12.2 Å². The van der Waals surface area contributed by atoms with Gasteiger partial charge in [-0.2, -0.15) is 0 Å². The molecule has 0 aliphatic heterocycles. The third-order valence-corrected chi connectivity index (χ3v) is 2.12. The summed E-state index contributed by atoms with van der Waals surface area (Å²) >= 11 is 0. The zero-order valence-electron chi connectivity index (χ0n) is 8.37. The topological polar surface area (TPSA) is 43.8 Å². The van der Waals surface area contributed by atoms with Gasteiger partial charge in [0.15, 0.2) is 0 Å². The lowest BCUT2D eigenvalue weighted by molar-refractivity contribution is 0.614. The van der Waals surface area contributed by atoms with Crippen LogP contribution in [0.15, 0.2) is 12.4 Å². The van der Waals surface area contributed by atoms with Gasteiger partial charge < -0.3 is 10.3 Å². The summed E-state index contributed by atoms with van der Waals surface area (Å²) in [5, 5.41) is 0. The molecule has 1 aromatic rings. The summed E-state index contributed by atoms with van der Waals surface area (Å²) in [5.41, 5.74) is 5.44. The second-order valence-corrected chi connectivity index (χ2v) is 3.28. The van der Waals surface area contributed by atoms with E-state index in [0.29, 0.717) is 0 Å². The van der Waals surface area contributed by atoms with E-state index >= 15 is 0 Å². The van der Waals surface area contributed by atoms with E-state index < -0.39 is 0 Å². The fourth-order valence-electron chi connectivity index (χ4n) is 1.44. The molecule has 0 aliphatic rings. The quantitative estimate of drug-likeness (QED) is 0.677. The Morgan fingerprint density at radius 3 is 3.00 bits per heavy atom. The molecule has 0 bridgehead atoms. The van der Waals surface area contributed by atoms with Crippen LogP contribution in [0, 0.1) is 0 Å². The highest BCUT2D eigenvalue weighted by Gasteiger charge is 2.00. The molecule has 1 heterocycles. The molecule has 2 N–H and O–H groups in total. The normalized spacial score (nSPS) is 10.6. The van der Waals surface area contributed by atoms with Gasteiger partial charge in [-0.3, -0.25) is 0 Å². The predicted octanol–water partition coefficient (Wildman–Crippen LogP) is 1.57. The maximum absolute atomic E-state index is 5.44. The highest BCUT2D eigenvalue weighted by molar-refractivity contribution is 4.92. The maximum Gasteiger partial charge on any atom is 0.108 e. The zero-order chi connectivity index (χ0) is 9.52. The Kier molecular flexibility index (Phi) is 4.54. The summed E-state index contributed by atoms with van der Waals surface area (Å²) in [6.07, 6.45) is 8.41. The summed E-state index contributed by atoms with van der Waals surface area (Å²) in [4.78, 5) is 4.33. The van der Waals surface area contributed by atoms with E-state index in [0.717, 1.165) is 32.4 Å². The van der Waals surface area contributed by atoms with Crippen LogP contribution in [0.2, 0.25) is 0 Å². The standard InChI is InChI=1S/C10H19N3/c1-2-8-13-9-7-12-10(13)5-3-4-6-11/h7,9H,2-6,8,11H2,1H3. The van der Waals surface area contributed by atoms with Crippen molar-refractivity contribution in [3.8, 4) is 0 Å². The van der Waals surface area contributed by atoms with Crippen LogP contribution < -0.4 is 5.73 Å². The third kappa shape index (κ3) is 3.19. The van der Waals surface area contributed by atoms with Crippen molar-refractivity contribution in [2.75, 3.05) is 6.54 Å². The number of imidazole rings is 1. The summed E-state index contributed by atoms with van der Waals surface area (Å²) < 4.78 is 2.23. The highest BCUT2D eigenvalue weighted by atomic mass is 15.1. The van der Waals surface area contributed by atoms with Gasteiger partial charge in [0.1, 0.15) is 5.82 Å². The number of nitrogens with two attached hydrogens (primary N) is 1. The minimum atomic E-state index is 0.786. The van der Waals surface area contributed by atoms with Crippen LogP contribution in [0.25, 0.3) is 0 Å². The van der Waals surface area contributed by atoms with Crippen LogP contribution in [0.3, 0.4) is 0 Å². The molecule has 0 radical (unpaired) electrons. The average Bonchev–Trinajstić information content (AvgIpc) is 2.54. The molecule has 0 fully saturated rings. The van der Waals surface area contributed by atoms with Gasteiger partial charge >= 0.3 is 0 Å². The Bertz CT molecular complexity index is 230. The number of nitrogens with zero attached hydrogens (tertiary/aromatic N) is 2. The summed E-state index contributed by atoms with van der Waals surface area (Å²) in [7, 11) is 0. The first kappa shape index (κ1) is 10.3. The number of hydrogen-bond donors (Lipinski definition) is 1. The van der Waals surface area contributed by atoms with E-state index in [4.69, 9.17) is 5.73 Å². The van der Waals surface area contributed by atoms with Crippen LogP contribution >= 0.6 is 0 Å². The van der Waals surface area contributed by atoms with Crippen molar-refractivity contribution in [3.63, 3.8) is 0 Å². The molecule has 1 rings (SSSR count). The number of aromatic nitrogens is 2. The van der Waals surface area contributed by atoms with Crippen LogP contribution in [0.4, 0.5) is 0 Å². The lowest BCUT2D eigenvalue weighted by Gasteiger charge is -2.05. The minimum Gasteiger partial charge on any atom is -0.335 e. The molecule has 3 heteroatoms. The van der Waals surface area contributed by atoms with Crippen molar-refractivity contribution in [1.82, 2.24) is 9.55 Å². The van der Waals surface area contributed by atoms with Gasteiger partial charge in [-0.15, -0.1) is 0 Å². The Hall–Kier alpha value is -0.830. The number of unbranched alkanes of at least 4 members (excludes halogenated alkanes) is 1. The monoisotopic (exact) mass is 181 g/mol. The fourth-order valence-corrected chi connectivity index (χ4v) is 1.44. The van der Waals surface area contributed by atoms with E-state index in [1.54, 1.807) is 0 Å². The van der Waals surface area contributed by atoms with Crippen LogP contribution in [0.5, 0.6) is 0 Å². The Balaban J connectivity index is 2.40. The molecule has 0 saturated heterocycles. The fraction of sp³-hybridized carbons (Fsp3) is 0.700. The van der Waals surface area contributed by atoms with Crippen LogP contribution in [-0.2, 0) is 13.0 Å². The van der Waals surface area contributed by atoms with Crippen molar-refractivity contribution in [3.05, 3.63) is 18.2 Å². The Morgan fingerprint density at radius 1 is 1.46 bits per heavy atom. The van der Waals surface area contributed by atoms with Crippen molar-refractivity contribution in [2.45, 2.75) is 39.2 Å². The van der Waals surface area contributed by atoms with Gasteiger partial charge in [-0.05, 0) is 25.8 Å². The first-order valence-electron chi connectivity index (χ1n) is 5.08. The molecule has 0 atom stereocenters. The number of aryl methyl sites for hydroxylation is 2. The van der Waals surface area contributed by atoms with Crippen LogP contribution in [0.1, 0.15) is 32.0 Å².